The summed E-state index contributed by atoms with van der Waals surface area (Å²) < 4.78 is 34.0. The predicted octanol–water partition coefficient (Wildman–Crippen LogP) is 4.24. The number of halogens is 3. The lowest BCUT2D eigenvalue weighted by Gasteiger charge is -2.20. The molecule has 21 heavy (non-hydrogen) atoms. The van der Waals surface area contributed by atoms with E-state index in [4.69, 9.17) is 4.74 Å². The lowest BCUT2D eigenvalue weighted by molar-refractivity contribution is 0.392. The Labute approximate surface area is 131 Å². The van der Waals surface area contributed by atoms with Gasteiger partial charge in [0.1, 0.15) is 17.4 Å². The van der Waals surface area contributed by atoms with Gasteiger partial charge in [0, 0.05) is 16.1 Å². The molecule has 1 unspecified atom stereocenters. The monoisotopic (exact) mass is 355 g/mol. The van der Waals surface area contributed by atoms with Gasteiger partial charge >= 0.3 is 0 Å². The third kappa shape index (κ3) is 3.60. The van der Waals surface area contributed by atoms with Crippen molar-refractivity contribution in [3.63, 3.8) is 0 Å². The van der Waals surface area contributed by atoms with Crippen LogP contribution in [0.1, 0.15) is 17.2 Å². The number of nitrogens with one attached hydrogen (secondary N) is 1. The molecule has 0 aromatic heterocycles. The standard InChI is InChI=1S/C16H16BrF2NO/c1-20-14(8-10-6-7-11(17)9-13(10)19)16-12(18)4-3-5-15(16)21-2/h3-7,9,14,20H,8H2,1-2H3. The maximum atomic E-state index is 14.1. The van der Waals surface area contributed by atoms with Crippen molar-refractivity contribution < 1.29 is 13.5 Å². The maximum absolute atomic E-state index is 14.1. The minimum Gasteiger partial charge on any atom is -0.496 e. The highest BCUT2D eigenvalue weighted by Gasteiger charge is 2.20. The highest BCUT2D eigenvalue weighted by atomic mass is 79.9. The topological polar surface area (TPSA) is 21.3 Å². The van der Waals surface area contributed by atoms with Crippen molar-refractivity contribution in [1.82, 2.24) is 5.32 Å². The van der Waals surface area contributed by atoms with E-state index in [2.05, 4.69) is 21.2 Å². The fourth-order valence-corrected chi connectivity index (χ4v) is 2.62. The molecular weight excluding hydrogens is 340 g/mol. The van der Waals surface area contributed by atoms with E-state index in [-0.39, 0.29) is 17.7 Å². The van der Waals surface area contributed by atoms with Crippen molar-refractivity contribution in [1.29, 1.82) is 0 Å². The smallest absolute Gasteiger partial charge is 0.131 e. The molecule has 0 radical (unpaired) electrons. The second kappa shape index (κ2) is 7.00. The highest BCUT2D eigenvalue weighted by Crippen LogP contribution is 2.30. The Bertz CT molecular complexity index is 634. The number of hydrogen-bond donors (Lipinski definition) is 1. The van der Waals surface area contributed by atoms with E-state index in [9.17, 15) is 8.78 Å². The minimum atomic E-state index is -0.378. The molecule has 1 N–H and O–H groups in total. The summed E-state index contributed by atoms with van der Waals surface area (Å²) in [5, 5.41) is 3.03. The number of benzene rings is 2. The van der Waals surface area contributed by atoms with Crippen LogP contribution in [0.15, 0.2) is 40.9 Å². The van der Waals surface area contributed by atoms with E-state index in [0.29, 0.717) is 27.8 Å². The van der Waals surface area contributed by atoms with Gasteiger partial charge in [0.2, 0.25) is 0 Å². The van der Waals surface area contributed by atoms with Crippen molar-refractivity contribution in [2.45, 2.75) is 12.5 Å². The molecule has 1 atom stereocenters. The summed E-state index contributed by atoms with van der Waals surface area (Å²) in [5.41, 5.74) is 0.924. The third-order valence-electron chi connectivity index (χ3n) is 3.37. The Morgan fingerprint density at radius 2 is 1.95 bits per heavy atom. The van der Waals surface area contributed by atoms with Crippen LogP contribution in [0.4, 0.5) is 8.78 Å². The van der Waals surface area contributed by atoms with Crippen LogP contribution in [0.5, 0.6) is 5.75 Å². The largest absolute Gasteiger partial charge is 0.496 e. The molecule has 0 aliphatic heterocycles. The molecule has 0 aliphatic carbocycles. The summed E-state index contributed by atoms with van der Waals surface area (Å²) in [6, 6.07) is 9.14. The zero-order valence-electron chi connectivity index (χ0n) is 11.8. The highest BCUT2D eigenvalue weighted by molar-refractivity contribution is 9.10. The Balaban J connectivity index is 2.36. The average Bonchev–Trinajstić information content (AvgIpc) is 2.47. The van der Waals surface area contributed by atoms with Crippen molar-refractivity contribution in [2.75, 3.05) is 14.2 Å². The van der Waals surface area contributed by atoms with Gasteiger partial charge in [-0.2, -0.15) is 0 Å². The molecule has 112 valence electrons. The zero-order valence-corrected chi connectivity index (χ0v) is 13.4. The normalized spacial score (nSPS) is 12.2. The molecule has 0 aliphatic rings. The molecule has 2 aromatic carbocycles. The first kappa shape index (κ1) is 15.9. The molecule has 0 fully saturated rings. The van der Waals surface area contributed by atoms with E-state index in [0.717, 1.165) is 0 Å². The van der Waals surface area contributed by atoms with Crippen molar-refractivity contribution in [3.8, 4) is 5.75 Å². The minimum absolute atomic E-state index is 0.320. The third-order valence-corrected chi connectivity index (χ3v) is 3.86. The number of methoxy groups -OCH3 is 1. The Hall–Kier alpha value is -1.46. The number of hydrogen-bond acceptors (Lipinski definition) is 2. The summed E-state index contributed by atoms with van der Waals surface area (Å²) in [4.78, 5) is 0. The summed E-state index contributed by atoms with van der Waals surface area (Å²) in [7, 11) is 3.21. The molecule has 5 heteroatoms. The first-order valence-corrected chi connectivity index (χ1v) is 7.29. The lowest BCUT2D eigenvalue weighted by atomic mass is 9.97. The maximum Gasteiger partial charge on any atom is 0.131 e. The van der Waals surface area contributed by atoms with E-state index in [1.165, 1.54) is 19.2 Å². The van der Waals surface area contributed by atoms with Gasteiger partial charge in [0.15, 0.2) is 0 Å². The fourth-order valence-electron chi connectivity index (χ4n) is 2.29. The quantitative estimate of drug-likeness (QED) is 0.865. The molecule has 2 rings (SSSR count). The van der Waals surface area contributed by atoms with E-state index >= 15 is 0 Å². The number of likely N-dealkylation sites (N-methyl/N-ethyl adjacent to an activating group) is 1. The number of rotatable bonds is 5. The van der Waals surface area contributed by atoms with Crippen LogP contribution in [0.25, 0.3) is 0 Å². The lowest BCUT2D eigenvalue weighted by Crippen LogP contribution is -2.21. The van der Waals surface area contributed by atoms with Gasteiger partial charge in [0.25, 0.3) is 0 Å². The average molecular weight is 356 g/mol. The van der Waals surface area contributed by atoms with Crippen LogP contribution in [-0.2, 0) is 6.42 Å². The molecule has 2 nitrogen and oxygen atoms in total. The predicted molar refractivity (Wildman–Crippen MR) is 82.6 cm³/mol. The van der Waals surface area contributed by atoms with Gasteiger partial charge in [-0.3, -0.25) is 0 Å². The summed E-state index contributed by atoms with van der Waals surface area (Å²) >= 11 is 3.22. The summed E-state index contributed by atoms with van der Waals surface area (Å²) in [6.45, 7) is 0. The Kier molecular flexibility index (Phi) is 5.31. The van der Waals surface area contributed by atoms with Crippen LogP contribution in [0.3, 0.4) is 0 Å². The van der Waals surface area contributed by atoms with Gasteiger partial charge in [0.05, 0.1) is 7.11 Å². The van der Waals surface area contributed by atoms with Gasteiger partial charge in [-0.25, -0.2) is 8.78 Å². The second-order valence-electron chi connectivity index (χ2n) is 4.64. The summed E-state index contributed by atoms with van der Waals surface area (Å²) in [5.74, 6) is -0.238. The fraction of sp³-hybridized carbons (Fsp3) is 0.250. The molecule has 0 saturated heterocycles. The van der Waals surface area contributed by atoms with Crippen molar-refractivity contribution in [3.05, 3.63) is 63.6 Å². The Morgan fingerprint density at radius 1 is 1.19 bits per heavy atom. The first-order valence-electron chi connectivity index (χ1n) is 6.50. The van der Waals surface area contributed by atoms with Crippen molar-refractivity contribution >= 4 is 15.9 Å². The van der Waals surface area contributed by atoms with E-state index in [1.54, 1.807) is 31.3 Å². The van der Waals surface area contributed by atoms with Crippen LogP contribution in [0.2, 0.25) is 0 Å². The van der Waals surface area contributed by atoms with Gasteiger partial charge in [-0.05, 0) is 43.3 Å². The number of ether oxygens (including phenoxy) is 1. The van der Waals surface area contributed by atoms with Crippen LogP contribution >= 0.6 is 15.9 Å². The second-order valence-corrected chi connectivity index (χ2v) is 5.55. The van der Waals surface area contributed by atoms with Crippen LogP contribution < -0.4 is 10.1 Å². The van der Waals surface area contributed by atoms with E-state index < -0.39 is 0 Å². The van der Waals surface area contributed by atoms with Crippen molar-refractivity contribution in [2.24, 2.45) is 0 Å². The van der Waals surface area contributed by atoms with Gasteiger partial charge < -0.3 is 10.1 Å². The Morgan fingerprint density at radius 3 is 2.57 bits per heavy atom. The SMILES string of the molecule is CNC(Cc1ccc(Br)cc1F)c1c(F)cccc1OC. The van der Waals surface area contributed by atoms with Gasteiger partial charge in [-0.1, -0.05) is 28.1 Å². The molecule has 0 spiro atoms. The molecule has 0 heterocycles. The molecule has 0 amide bonds. The molecule has 2 aromatic rings. The zero-order chi connectivity index (χ0) is 15.4. The van der Waals surface area contributed by atoms with Crippen LogP contribution in [0, 0.1) is 11.6 Å². The molecule has 0 saturated carbocycles. The summed E-state index contributed by atoms with van der Waals surface area (Å²) in [6.07, 6.45) is 0.326. The molecule has 0 bridgehead atoms. The molecular formula is C16H16BrF2NO. The first-order chi connectivity index (χ1) is 10.1. The van der Waals surface area contributed by atoms with Gasteiger partial charge in [-0.15, -0.1) is 0 Å². The van der Waals surface area contributed by atoms with E-state index in [1.807, 2.05) is 0 Å². The van der Waals surface area contributed by atoms with Crippen LogP contribution in [-0.4, -0.2) is 14.2 Å².